The summed E-state index contributed by atoms with van der Waals surface area (Å²) in [6.07, 6.45) is 1.12. The highest BCUT2D eigenvalue weighted by Crippen LogP contribution is 2.24. The molecule has 2 rings (SSSR count). The van der Waals surface area contributed by atoms with Gasteiger partial charge < -0.3 is 15.8 Å². The highest BCUT2D eigenvalue weighted by atomic mass is 35.5. The van der Waals surface area contributed by atoms with Crippen LogP contribution in [0.4, 0.5) is 8.78 Å². The summed E-state index contributed by atoms with van der Waals surface area (Å²) in [7, 11) is 0. The minimum Gasteiger partial charge on any atom is -0.364 e. The van der Waals surface area contributed by atoms with Crippen LogP contribution in [-0.2, 0) is 9.53 Å². The highest BCUT2D eigenvalue weighted by Gasteiger charge is 2.31. The Hall–Kier alpha value is -1.24. The highest BCUT2D eigenvalue weighted by molar-refractivity contribution is 5.85. The van der Waals surface area contributed by atoms with Gasteiger partial charge in [0.2, 0.25) is 5.91 Å². The van der Waals surface area contributed by atoms with Crippen LogP contribution in [0.5, 0.6) is 0 Å². The molecule has 3 atom stereocenters. The van der Waals surface area contributed by atoms with Gasteiger partial charge >= 0.3 is 0 Å². The molecule has 1 heterocycles. The van der Waals surface area contributed by atoms with Crippen molar-refractivity contribution in [3.05, 3.63) is 35.4 Å². The number of nitrogens with one attached hydrogen (secondary N) is 1. The lowest BCUT2D eigenvalue weighted by atomic mass is 10.0. The van der Waals surface area contributed by atoms with Crippen molar-refractivity contribution in [2.75, 3.05) is 6.54 Å². The number of benzene rings is 1. The van der Waals surface area contributed by atoms with E-state index in [4.69, 9.17) is 10.5 Å². The molecule has 7 heteroatoms. The fraction of sp³-hybridized carbons (Fsp3) is 0.533. The quantitative estimate of drug-likeness (QED) is 0.869. The third-order valence-corrected chi connectivity index (χ3v) is 3.72. The van der Waals surface area contributed by atoms with E-state index in [1.807, 2.05) is 0 Å². The Kier molecular flexibility index (Phi) is 7.19. The molecule has 22 heavy (non-hydrogen) atoms. The average molecular weight is 335 g/mol. The third kappa shape index (κ3) is 4.38. The normalized spacial score (nSPS) is 22.0. The van der Waals surface area contributed by atoms with Crippen molar-refractivity contribution < 1.29 is 18.3 Å². The summed E-state index contributed by atoms with van der Waals surface area (Å²) in [6.45, 7) is 2.17. The Balaban J connectivity index is 0.00000242. The first-order chi connectivity index (χ1) is 10.0. The molecule has 1 fully saturated rings. The Bertz CT molecular complexity index is 516. The maximum absolute atomic E-state index is 13.8. The van der Waals surface area contributed by atoms with E-state index >= 15 is 0 Å². The van der Waals surface area contributed by atoms with E-state index in [1.165, 1.54) is 0 Å². The second-order valence-corrected chi connectivity index (χ2v) is 5.20. The Morgan fingerprint density at radius 3 is 2.77 bits per heavy atom. The predicted molar refractivity (Wildman–Crippen MR) is 81.7 cm³/mol. The molecule has 1 aromatic carbocycles. The molecule has 124 valence electrons. The van der Waals surface area contributed by atoms with Crippen molar-refractivity contribution in [1.82, 2.24) is 5.32 Å². The minimum atomic E-state index is -0.575. The summed E-state index contributed by atoms with van der Waals surface area (Å²) in [5.41, 5.74) is 5.66. The predicted octanol–water partition coefficient (Wildman–Crippen LogP) is 2.46. The smallest absolute Gasteiger partial charge is 0.249 e. The molecule has 0 spiro atoms. The van der Waals surface area contributed by atoms with Crippen molar-refractivity contribution in [2.45, 2.75) is 44.4 Å². The number of carbonyl (C=O) groups excluding carboxylic acids is 1. The van der Waals surface area contributed by atoms with Crippen LogP contribution in [0.1, 0.15) is 37.8 Å². The molecule has 0 bridgehead atoms. The third-order valence-electron chi connectivity index (χ3n) is 3.72. The van der Waals surface area contributed by atoms with Gasteiger partial charge in [0.05, 0.1) is 12.1 Å². The lowest BCUT2D eigenvalue weighted by Gasteiger charge is -2.20. The Morgan fingerprint density at radius 1 is 1.45 bits per heavy atom. The molecule has 0 aromatic heterocycles. The van der Waals surface area contributed by atoms with Gasteiger partial charge in [-0.25, -0.2) is 8.78 Å². The van der Waals surface area contributed by atoms with Gasteiger partial charge in [-0.2, -0.15) is 0 Å². The molecule has 3 N–H and O–H groups in total. The van der Waals surface area contributed by atoms with Crippen molar-refractivity contribution in [3.8, 4) is 0 Å². The molecule has 4 nitrogen and oxygen atoms in total. The molecule has 0 radical (unpaired) electrons. The van der Waals surface area contributed by atoms with Crippen LogP contribution in [0.15, 0.2) is 18.2 Å². The van der Waals surface area contributed by atoms with E-state index in [-0.39, 0.29) is 30.0 Å². The van der Waals surface area contributed by atoms with Crippen molar-refractivity contribution >= 4 is 18.3 Å². The molecule has 1 aromatic rings. The van der Waals surface area contributed by atoms with Crippen molar-refractivity contribution in [2.24, 2.45) is 5.73 Å². The van der Waals surface area contributed by atoms with Crippen LogP contribution in [0, 0.1) is 11.6 Å². The summed E-state index contributed by atoms with van der Waals surface area (Å²) < 4.78 is 32.5. The van der Waals surface area contributed by atoms with Crippen LogP contribution in [0.2, 0.25) is 0 Å². The second-order valence-electron chi connectivity index (χ2n) is 5.20. The molecular formula is C15H21ClF2N2O2. The number of carbonyl (C=O) groups is 1. The molecule has 1 aliphatic rings. The molecule has 1 amide bonds. The maximum Gasteiger partial charge on any atom is 0.249 e. The van der Waals surface area contributed by atoms with Gasteiger partial charge in [0, 0.05) is 12.1 Å². The van der Waals surface area contributed by atoms with Crippen molar-refractivity contribution in [1.29, 1.82) is 0 Å². The van der Waals surface area contributed by atoms with Crippen LogP contribution >= 0.6 is 12.4 Å². The first-order valence-electron chi connectivity index (χ1n) is 7.16. The summed E-state index contributed by atoms with van der Waals surface area (Å²) in [5.74, 6) is -1.36. The first-order valence-corrected chi connectivity index (χ1v) is 7.16. The van der Waals surface area contributed by atoms with Gasteiger partial charge in [-0.15, -0.1) is 12.4 Å². The summed E-state index contributed by atoms with van der Waals surface area (Å²) in [6, 6.07) is 2.66. The summed E-state index contributed by atoms with van der Waals surface area (Å²) in [5, 5.41) is 2.73. The van der Waals surface area contributed by atoms with Crippen LogP contribution in [0.25, 0.3) is 0 Å². The topological polar surface area (TPSA) is 64.4 Å². The molecular weight excluding hydrogens is 314 g/mol. The fourth-order valence-corrected chi connectivity index (χ4v) is 2.52. The van der Waals surface area contributed by atoms with Crippen LogP contribution < -0.4 is 11.1 Å². The number of ether oxygens (including phenoxy) is 1. The Labute approximate surface area is 134 Å². The van der Waals surface area contributed by atoms with Gasteiger partial charge in [-0.1, -0.05) is 6.92 Å². The van der Waals surface area contributed by atoms with E-state index in [1.54, 1.807) is 6.92 Å². The number of nitrogens with two attached hydrogens (primary N) is 1. The zero-order valence-electron chi connectivity index (χ0n) is 12.4. The molecule has 1 saturated heterocycles. The van der Waals surface area contributed by atoms with E-state index in [0.29, 0.717) is 19.4 Å². The van der Waals surface area contributed by atoms with Crippen molar-refractivity contribution in [3.63, 3.8) is 0 Å². The number of halogens is 3. The molecule has 1 unspecified atom stereocenters. The zero-order chi connectivity index (χ0) is 15.4. The standard InChI is InChI=1S/C15H20F2N2O2.ClH/c1-2-13(11-7-9(16)3-5-12(11)17)19-15(20)14-6-4-10(8-18)21-14;/h3,5,7,10,13-14H,2,4,6,8,18H2,1H3,(H,19,20);1H/t10-,13?,14+;/m1./s1. The van der Waals surface area contributed by atoms with E-state index in [0.717, 1.165) is 24.6 Å². The lowest BCUT2D eigenvalue weighted by Crippen LogP contribution is -2.38. The van der Waals surface area contributed by atoms with Gasteiger partial charge in [0.25, 0.3) is 0 Å². The summed E-state index contributed by atoms with van der Waals surface area (Å²) >= 11 is 0. The fourth-order valence-electron chi connectivity index (χ4n) is 2.52. The van der Waals surface area contributed by atoms with Gasteiger partial charge in [0.1, 0.15) is 17.7 Å². The maximum atomic E-state index is 13.8. The molecule has 0 saturated carbocycles. The monoisotopic (exact) mass is 334 g/mol. The van der Waals surface area contributed by atoms with Gasteiger partial charge in [0.15, 0.2) is 0 Å². The minimum absolute atomic E-state index is 0. The number of rotatable bonds is 5. The molecule has 1 aliphatic heterocycles. The van der Waals surface area contributed by atoms with E-state index < -0.39 is 23.8 Å². The Morgan fingerprint density at radius 2 is 2.18 bits per heavy atom. The summed E-state index contributed by atoms with van der Waals surface area (Å²) in [4.78, 5) is 12.2. The van der Waals surface area contributed by atoms with Gasteiger partial charge in [-0.05, 0) is 37.5 Å². The van der Waals surface area contributed by atoms with Gasteiger partial charge in [-0.3, -0.25) is 4.79 Å². The SMILES string of the molecule is CCC(NC(=O)[C@@H]1CC[C@H](CN)O1)c1cc(F)ccc1F.Cl. The van der Waals surface area contributed by atoms with E-state index in [2.05, 4.69) is 5.32 Å². The second kappa shape index (κ2) is 8.41. The average Bonchev–Trinajstić information content (AvgIpc) is 2.96. The number of amides is 1. The zero-order valence-corrected chi connectivity index (χ0v) is 13.2. The van der Waals surface area contributed by atoms with Crippen LogP contribution in [-0.4, -0.2) is 24.7 Å². The largest absolute Gasteiger partial charge is 0.364 e. The lowest BCUT2D eigenvalue weighted by molar-refractivity contribution is -0.132. The van der Waals surface area contributed by atoms with Crippen LogP contribution in [0.3, 0.4) is 0 Å². The first kappa shape index (κ1) is 18.8. The van der Waals surface area contributed by atoms with E-state index in [9.17, 15) is 13.6 Å². The number of hydrogen-bond donors (Lipinski definition) is 2. The molecule has 0 aliphatic carbocycles. The number of hydrogen-bond acceptors (Lipinski definition) is 3.